The van der Waals surface area contributed by atoms with Gasteiger partial charge in [0.25, 0.3) is 0 Å². The summed E-state index contributed by atoms with van der Waals surface area (Å²) in [4.78, 5) is 27.0. The molecule has 168 valence electrons. The Labute approximate surface area is 186 Å². The number of rotatable bonds is 8. The van der Waals surface area contributed by atoms with E-state index in [1.807, 2.05) is 38.1 Å². The fourth-order valence-corrected chi connectivity index (χ4v) is 4.82. The quantitative estimate of drug-likeness (QED) is 0.277. The van der Waals surface area contributed by atoms with Gasteiger partial charge in [-0.3, -0.25) is 14.3 Å². The molecule has 3 unspecified atom stereocenters. The Morgan fingerprint density at radius 2 is 1.88 bits per heavy atom. The van der Waals surface area contributed by atoms with Crippen LogP contribution in [0.15, 0.2) is 61.4 Å². The van der Waals surface area contributed by atoms with E-state index in [9.17, 15) is 23.7 Å². The number of carbonyl (C=O) groups is 1. The normalized spacial score (nSPS) is 14.2. The van der Waals surface area contributed by atoms with Crippen molar-refractivity contribution in [1.82, 2.24) is 4.98 Å². The lowest BCUT2D eigenvalue weighted by atomic mass is 9.87. The van der Waals surface area contributed by atoms with E-state index >= 15 is 0 Å². The van der Waals surface area contributed by atoms with Crippen LogP contribution in [0.3, 0.4) is 0 Å². The number of pyridine rings is 1. The third kappa shape index (κ3) is 4.96. The lowest BCUT2D eigenvalue weighted by Gasteiger charge is -2.27. The molecule has 2 N–H and O–H groups in total. The number of hydrogen-bond acceptors (Lipinski definition) is 5. The number of aliphatic hydroxyl groups excluding tert-OH is 1. The zero-order valence-corrected chi connectivity index (χ0v) is 18.8. The Morgan fingerprint density at radius 3 is 2.47 bits per heavy atom. The van der Waals surface area contributed by atoms with Crippen molar-refractivity contribution < 1.29 is 28.5 Å². The van der Waals surface area contributed by atoms with E-state index in [4.69, 9.17) is 4.98 Å². The highest BCUT2D eigenvalue weighted by molar-refractivity contribution is 7.38. The molecule has 1 heterocycles. The average molecular weight is 457 g/mol. The van der Waals surface area contributed by atoms with Gasteiger partial charge in [0, 0.05) is 11.1 Å². The van der Waals surface area contributed by atoms with Crippen LogP contribution in [0, 0.1) is 5.82 Å². The van der Waals surface area contributed by atoms with Crippen molar-refractivity contribution in [2.45, 2.75) is 37.9 Å². The minimum Gasteiger partial charge on any atom is -0.435 e. The summed E-state index contributed by atoms with van der Waals surface area (Å²) in [5, 5.41) is 11.6. The smallest absolute Gasteiger partial charge is 0.313 e. The van der Waals surface area contributed by atoms with Gasteiger partial charge in [-0.1, -0.05) is 50.8 Å². The molecule has 2 aromatic carbocycles. The predicted octanol–water partition coefficient (Wildman–Crippen LogP) is 5.11. The largest absolute Gasteiger partial charge is 0.435 e. The van der Waals surface area contributed by atoms with Gasteiger partial charge in [0.05, 0.1) is 30.0 Å². The number of halogens is 1. The Bertz CT molecular complexity index is 1160. The summed E-state index contributed by atoms with van der Waals surface area (Å²) in [7, 11) is -3.39. The van der Waals surface area contributed by atoms with Crippen LogP contribution < -0.4 is 0 Å². The van der Waals surface area contributed by atoms with Crippen molar-refractivity contribution in [3.63, 3.8) is 0 Å². The monoisotopic (exact) mass is 457 g/mol. The average Bonchev–Trinajstić information content (AvgIpc) is 2.73. The van der Waals surface area contributed by atoms with E-state index in [0.29, 0.717) is 33.3 Å². The number of para-hydroxylation sites is 1. The van der Waals surface area contributed by atoms with Crippen molar-refractivity contribution in [2.75, 3.05) is 0 Å². The van der Waals surface area contributed by atoms with Crippen molar-refractivity contribution in [2.24, 2.45) is 0 Å². The van der Waals surface area contributed by atoms with Crippen molar-refractivity contribution in [3.8, 4) is 11.1 Å². The van der Waals surface area contributed by atoms with Gasteiger partial charge in [0.15, 0.2) is 8.03 Å². The van der Waals surface area contributed by atoms with E-state index < -0.39 is 38.0 Å². The Kier molecular flexibility index (Phi) is 7.56. The molecule has 3 aromatic rings. The number of ether oxygens (including phenoxy) is 1. The van der Waals surface area contributed by atoms with Crippen LogP contribution in [0.25, 0.3) is 22.0 Å². The van der Waals surface area contributed by atoms with Crippen LogP contribution in [-0.2, 0) is 14.1 Å². The highest BCUT2D eigenvalue weighted by Gasteiger charge is 2.34. The molecule has 3 rings (SSSR count). The van der Waals surface area contributed by atoms with Gasteiger partial charge in [-0.05, 0) is 40.8 Å². The summed E-state index contributed by atoms with van der Waals surface area (Å²) in [5.74, 6) is -1.36. The Morgan fingerprint density at radius 1 is 1.22 bits per heavy atom. The first-order chi connectivity index (χ1) is 15.2. The van der Waals surface area contributed by atoms with E-state index in [-0.39, 0.29) is 5.92 Å². The summed E-state index contributed by atoms with van der Waals surface area (Å²) >= 11 is 0. The van der Waals surface area contributed by atoms with Crippen molar-refractivity contribution >= 4 is 24.9 Å². The molecule has 0 amide bonds. The van der Waals surface area contributed by atoms with Gasteiger partial charge < -0.3 is 14.7 Å². The van der Waals surface area contributed by atoms with E-state index in [2.05, 4.69) is 11.3 Å². The molecule has 0 aliphatic carbocycles. The number of hydrogen-bond donors (Lipinski definition) is 2. The third-order valence-electron chi connectivity index (χ3n) is 5.19. The topological polar surface area (TPSA) is 96.7 Å². The molecule has 0 bridgehead atoms. The van der Waals surface area contributed by atoms with Gasteiger partial charge in [0.2, 0.25) is 0 Å². The number of fused-ring (bicyclic) bond motifs is 1. The summed E-state index contributed by atoms with van der Waals surface area (Å²) in [6, 6.07) is 13.1. The van der Waals surface area contributed by atoms with Gasteiger partial charge >= 0.3 is 5.97 Å². The second-order valence-electron chi connectivity index (χ2n) is 7.71. The zero-order valence-electron chi connectivity index (χ0n) is 17.8. The minimum absolute atomic E-state index is 0.162. The maximum absolute atomic E-state index is 13.7. The number of nitrogens with zero attached hydrogens (tertiary/aromatic N) is 1. The van der Waals surface area contributed by atoms with Crippen LogP contribution in [0.4, 0.5) is 4.39 Å². The SMILES string of the molecule is C=COC(=O)CC(O)C(c1c(C(C)C)nc2ccccc2c1-c1ccc(F)cc1)[PH](=O)O. The summed E-state index contributed by atoms with van der Waals surface area (Å²) < 4.78 is 30.9. The number of aliphatic hydroxyl groups is 1. The number of aromatic nitrogens is 1. The maximum atomic E-state index is 13.7. The molecule has 0 saturated heterocycles. The molecule has 0 aliphatic rings. The van der Waals surface area contributed by atoms with Gasteiger partial charge in [-0.2, -0.15) is 0 Å². The molecular weight excluding hydrogens is 432 g/mol. The van der Waals surface area contributed by atoms with Crippen LogP contribution in [0.2, 0.25) is 0 Å². The molecule has 0 spiro atoms. The van der Waals surface area contributed by atoms with Gasteiger partial charge in [-0.15, -0.1) is 0 Å². The molecule has 0 saturated carbocycles. The third-order valence-corrected chi connectivity index (χ3v) is 6.40. The number of carbonyl (C=O) groups excluding carboxylic acids is 1. The first-order valence-corrected chi connectivity index (χ1v) is 11.6. The lowest BCUT2D eigenvalue weighted by molar-refractivity contribution is -0.140. The molecule has 0 aliphatic heterocycles. The molecule has 6 nitrogen and oxygen atoms in total. The highest BCUT2D eigenvalue weighted by Crippen LogP contribution is 2.49. The molecule has 0 fully saturated rings. The van der Waals surface area contributed by atoms with E-state index in [1.165, 1.54) is 12.1 Å². The fraction of sp³-hybridized carbons (Fsp3) is 0.250. The van der Waals surface area contributed by atoms with E-state index in [1.54, 1.807) is 12.1 Å². The predicted molar refractivity (Wildman–Crippen MR) is 122 cm³/mol. The van der Waals surface area contributed by atoms with Crippen LogP contribution in [0.1, 0.15) is 43.1 Å². The van der Waals surface area contributed by atoms with Crippen LogP contribution in [-0.4, -0.2) is 27.1 Å². The second kappa shape index (κ2) is 10.2. The lowest BCUT2D eigenvalue weighted by Crippen LogP contribution is -2.23. The Hall–Kier alpha value is -2.86. The molecule has 1 aromatic heterocycles. The number of esters is 1. The van der Waals surface area contributed by atoms with Crippen molar-refractivity contribution in [3.05, 3.63) is 78.4 Å². The highest BCUT2D eigenvalue weighted by atomic mass is 31.1. The molecule has 0 radical (unpaired) electrons. The summed E-state index contributed by atoms with van der Waals surface area (Å²) in [5.41, 5.74) is 1.46. The van der Waals surface area contributed by atoms with Gasteiger partial charge in [-0.25, -0.2) is 4.39 Å². The fourth-order valence-electron chi connectivity index (χ4n) is 3.84. The first kappa shape index (κ1) is 23.8. The first-order valence-electron chi connectivity index (χ1n) is 10.1. The summed E-state index contributed by atoms with van der Waals surface area (Å²) in [6.45, 7) is 7.08. The number of benzene rings is 2. The van der Waals surface area contributed by atoms with Crippen LogP contribution in [0.5, 0.6) is 0 Å². The van der Waals surface area contributed by atoms with Crippen molar-refractivity contribution in [1.29, 1.82) is 0 Å². The van der Waals surface area contributed by atoms with Crippen LogP contribution >= 0.6 is 8.03 Å². The molecule has 3 atom stereocenters. The van der Waals surface area contributed by atoms with E-state index in [0.717, 1.165) is 6.26 Å². The van der Waals surface area contributed by atoms with Gasteiger partial charge in [0.1, 0.15) is 5.82 Å². The Balaban J connectivity index is 2.36. The second-order valence-corrected chi connectivity index (χ2v) is 9.01. The molecule has 32 heavy (non-hydrogen) atoms. The summed E-state index contributed by atoms with van der Waals surface area (Å²) in [6.07, 6.45) is -1.06. The standard InChI is InChI=1S/C24H25FNO5P/c1-4-31-20(28)13-19(27)24(32(29)30)22-21(15-9-11-16(25)12-10-15)17-7-5-6-8-18(17)26-23(22)14(2)3/h4-12,14,19,24,27,32H,1,13H2,2-3H3,(H,29,30). The maximum Gasteiger partial charge on any atom is 0.313 e. The molecule has 8 heteroatoms. The zero-order chi connectivity index (χ0) is 23.4. The minimum atomic E-state index is -3.39. The molecular formula is C24H25FNO5P.